The van der Waals surface area contributed by atoms with Crippen molar-refractivity contribution in [3.63, 3.8) is 0 Å². The Morgan fingerprint density at radius 3 is 2.59 bits per heavy atom. The molecule has 4 heterocycles. The van der Waals surface area contributed by atoms with Crippen molar-refractivity contribution in [1.29, 1.82) is 0 Å². The van der Waals surface area contributed by atoms with Gasteiger partial charge in [0, 0.05) is 37.6 Å². The maximum atomic E-state index is 12.9. The monoisotopic (exact) mass is 414 g/mol. The van der Waals surface area contributed by atoms with E-state index in [1.807, 2.05) is 12.1 Å². The molecule has 0 aromatic carbocycles. The third kappa shape index (κ3) is 3.65. The van der Waals surface area contributed by atoms with Gasteiger partial charge in [-0.15, -0.1) is 0 Å². The molecule has 1 aliphatic carbocycles. The van der Waals surface area contributed by atoms with Gasteiger partial charge in [0.05, 0.1) is 12.2 Å². The van der Waals surface area contributed by atoms with E-state index < -0.39 is 10.0 Å². The molecule has 1 saturated carbocycles. The fourth-order valence-electron chi connectivity index (χ4n) is 4.20. The normalized spacial score (nSPS) is 28.8. The van der Waals surface area contributed by atoms with Gasteiger partial charge in [0.15, 0.2) is 0 Å². The predicted molar refractivity (Wildman–Crippen MR) is 105 cm³/mol. The molecule has 29 heavy (non-hydrogen) atoms. The largest absolute Gasteiger partial charge is 0.372 e. The van der Waals surface area contributed by atoms with E-state index in [9.17, 15) is 13.2 Å². The number of nitrogens with one attached hydrogen (secondary N) is 1. The second-order valence-electron chi connectivity index (χ2n) is 7.88. The molecule has 0 spiro atoms. The number of nitrogens with zero attached hydrogens (tertiary/aromatic N) is 3. The van der Waals surface area contributed by atoms with Gasteiger partial charge >= 0.3 is 0 Å². The first-order valence-electron chi connectivity index (χ1n) is 9.83. The third-order valence-electron chi connectivity index (χ3n) is 5.88. The van der Waals surface area contributed by atoms with Crippen LogP contribution in [0, 0.1) is 5.92 Å². The minimum atomic E-state index is -3.61. The molecule has 3 fully saturated rings. The number of carbonyl (C=O) groups excluding carboxylic acids is 1. The molecule has 2 aromatic rings. The van der Waals surface area contributed by atoms with Crippen LogP contribution in [0.5, 0.6) is 0 Å². The zero-order valence-corrected chi connectivity index (χ0v) is 16.6. The summed E-state index contributed by atoms with van der Waals surface area (Å²) >= 11 is 0. The van der Waals surface area contributed by atoms with Crippen molar-refractivity contribution in [1.82, 2.24) is 14.3 Å². The average Bonchev–Trinajstić information content (AvgIpc) is 3.48. The van der Waals surface area contributed by atoms with Crippen molar-refractivity contribution in [2.75, 3.05) is 18.4 Å². The first-order valence-corrected chi connectivity index (χ1v) is 11.3. The molecule has 2 bridgehead atoms. The van der Waals surface area contributed by atoms with Crippen LogP contribution in [0.25, 0.3) is 0 Å². The van der Waals surface area contributed by atoms with Gasteiger partial charge in [-0.05, 0) is 48.9 Å². The highest BCUT2D eigenvalue weighted by atomic mass is 32.2. The van der Waals surface area contributed by atoms with Crippen molar-refractivity contribution in [2.24, 2.45) is 5.92 Å². The van der Waals surface area contributed by atoms with Gasteiger partial charge in [-0.25, -0.2) is 13.4 Å². The van der Waals surface area contributed by atoms with Gasteiger partial charge in [-0.2, -0.15) is 4.31 Å². The fraction of sp³-hybridized carbons (Fsp3) is 0.450. The van der Waals surface area contributed by atoms with Gasteiger partial charge in [-0.3, -0.25) is 9.78 Å². The van der Waals surface area contributed by atoms with E-state index in [-0.39, 0.29) is 34.8 Å². The SMILES string of the molecule is O=C(Nc1ccc(S(=O)(=O)N2CC3CCC(C2)O3)cn1)C1CC1c1cccnc1. The number of amides is 1. The molecule has 2 saturated heterocycles. The second kappa shape index (κ2) is 7.16. The number of carbonyl (C=O) groups is 1. The number of sulfonamides is 1. The summed E-state index contributed by atoms with van der Waals surface area (Å²) in [6, 6.07) is 6.88. The van der Waals surface area contributed by atoms with Crippen LogP contribution in [0.3, 0.4) is 0 Å². The van der Waals surface area contributed by atoms with Crippen LogP contribution in [0.4, 0.5) is 5.82 Å². The summed E-state index contributed by atoms with van der Waals surface area (Å²) in [6.07, 6.45) is 7.37. The first kappa shape index (κ1) is 18.7. The van der Waals surface area contributed by atoms with Crippen LogP contribution in [0.2, 0.25) is 0 Å². The Morgan fingerprint density at radius 1 is 1.14 bits per heavy atom. The number of hydrogen-bond acceptors (Lipinski definition) is 6. The van der Waals surface area contributed by atoms with Gasteiger partial charge in [-0.1, -0.05) is 6.07 Å². The number of aromatic nitrogens is 2. The summed E-state index contributed by atoms with van der Waals surface area (Å²) in [4.78, 5) is 20.8. The van der Waals surface area contributed by atoms with Crippen molar-refractivity contribution >= 4 is 21.7 Å². The Morgan fingerprint density at radius 2 is 1.93 bits per heavy atom. The molecule has 2 aliphatic heterocycles. The highest BCUT2D eigenvalue weighted by Gasteiger charge is 2.44. The molecular weight excluding hydrogens is 392 g/mol. The highest BCUT2D eigenvalue weighted by molar-refractivity contribution is 7.89. The Balaban J connectivity index is 1.23. The number of pyridine rings is 2. The number of fused-ring (bicyclic) bond motifs is 2. The summed E-state index contributed by atoms with van der Waals surface area (Å²) in [5.41, 5.74) is 1.06. The lowest BCUT2D eigenvalue weighted by atomic mass is 10.1. The molecule has 4 atom stereocenters. The molecule has 2 aromatic heterocycles. The Kier molecular flexibility index (Phi) is 4.60. The van der Waals surface area contributed by atoms with Crippen molar-refractivity contribution in [3.8, 4) is 0 Å². The lowest BCUT2D eigenvalue weighted by Crippen LogP contribution is -2.45. The Labute approximate surface area is 169 Å². The zero-order valence-electron chi connectivity index (χ0n) is 15.8. The van der Waals surface area contributed by atoms with Crippen LogP contribution in [-0.4, -0.2) is 53.9 Å². The number of rotatable bonds is 5. The van der Waals surface area contributed by atoms with Crippen molar-refractivity contribution < 1.29 is 17.9 Å². The summed E-state index contributed by atoms with van der Waals surface area (Å²) < 4.78 is 33.0. The molecule has 5 rings (SSSR count). The number of ether oxygens (including phenoxy) is 1. The van der Waals surface area contributed by atoms with Crippen LogP contribution >= 0.6 is 0 Å². The van der Waals surface area contributed by atoms with E-state index in [4.69, 9.17) is 4.74 Å². The number of hydrogen-bond donors (Lipinski definition) is 1. The van der Waals surface area contributed by atoms with Gasteiger partial charge in [0.1, 0.15) is 10.7 Å². The van der Waals surface area contributed by atoms with Crippen molar-refractivity contribution in [3.05, 3.63) is 48.4 Å². The molecule has 0 radical (unpaired) electrons. The van der Waals surface area contributed by atoms with E-state index in [0.29, 0.717) is 18.9 Å². The van der Waals surface area contributed by atoms with E-state index >= 15 is 0 Å². The molecule has 152 valence electrons. The summed E-state index contributed by atoms with van der Waals surface area (Å²) in [5.74, 6) is 0.327. The predicted octanol–water partition coefficient (Wildman–Crippen LogP) is 1.77. The van der Waals surface area contributed by atoms with E-state index in [2.05, 4.69) is 15.3 Å². The molecular formula is C20H22N4O4S. The maximum Gasteiger partial charge on any atom is 0.244 e. The number of morpholine rings is 1. The summed E-state index contributed by atoms with van der Waals surface area (Å²) in [7, 11) is -3.61. The summed E-state index contributed by atoms with van der Waals surface area (Å²) in [6.45, 7) is 0.767. The van der Waals surface area contributed by atoms with Crippen LogP contribution in [0.15, 0.2) is 47.8 Å². The molecule has 8 nitrogen and oxygen atoms in total. The van der Waals surface area contributed by atoms with Crippen LogP contribution in [-0.2, 0) is 19.6 Å². The molecule has 4 unspecified atom stereocenters. The van der Waals surface area contributed by atoms with Gasteiger partial charge < -0.3 is 10.1 Å². The lowest BCUT2D eigenvalue weighted by Gasteiger charge is -2.31. The van der Waals surface area contributed by atoms with Crippen molar-refractivity contribution in [2.45, 2.75) is 42.3 Å². The van der Waals surface area contributed by atoms with E-state index in [1.54, 1.807) is 18.5 Å². The molecule has 1 N–H and O–H groups in total. The lowest BCUT2D eigenvalue weighted by molar-refractivity contribution is -0.117. The van der Waals surface area contributed by atoms with Crippen LogP contribution in [0.1, 0.15) is 30.7 Å². The standard InChI is InChI=1S/C20H22N4O4S/c25-20(18-8-17(18)13-2-1-7-21-9-13)23-19-6-5-16(10-22-19)29(26,27)24-11-14-3-4-15(12-24)28-14/h1-2,5-7,9-10,14-15,17-18H,3-4,8,11-12H2,(H,22,23,25). The van der Waals surface area contributed by atoms with Crippen LogP contribution < -0.4 is 5.32 Å². The Bertz CT molecular complexity index is 1000. The maximum absolute atomic E-state index is 12.9. The minimum absolute atomic E-state index is 0.0126. The molecule has 3 aliphatic rings. The Hall–Kier alpha value is -2.36. The zero-order chi connectivity index (χ0) is 20.0. The smallest absolute Gasteiger partial charge is 0.244 e. The van der Waals surface area contributed by atoms with Gasteiger partial charge in [0.25, 0.3) is 0 Å². The third-order valence-corrected chi connectivity index (χ3v) is 7.69. The van der Waals surface area contributed by atoms with E-state index in [1.165, 1.54) is 16.6 Å². The average molecular weight is 414 g/mol. The summed E-state index contributed by atoms with van der Waals surface area (Å²) in [5, 5.41) is 2.79. The number of anilines is 1. The minimum Gasteiger partial charge on any atom is -0.372 e. The molecule has 9 heteroatoms. The highest BCUT2D eigenvalue weighted by Crippen LogP contribution is 2.47. The quantitative estimate of drug-likeness (QED) is 0.800. The first-order chi connectivity index (χ1) is 14.0. The van der Waals surface area contributed by atoms with Gasteiger partial charge in [0.2, 0.25) is 15.9 Å². The fourth-order valence-corrected chi connectivity index (χ4v) is 5.65. The topological polar surface area (TPSA) is 101 Å². The second-order valence-corrected chi connectivity index (χ2v) is 9.82. The van der Waals surface area contributed by atoms with E-state index in [0.717, 1.165) is 24.8 Å². The molecule has 1 amide bonds.